The van der Waals surface area contributed by atoms with E-state index in [0.29, 0.717) is 13.1 Å². The van der Waals surface area contributed by atoms with Gasteiger partial charge < -0.3 is 15.3 Å². The second-order valence-electron chi connectivity index (χ2n) is 5.26. The predicted octanol–water partition coefficient (Wildman–Crippen LogP) is 0.532. The van der Waals surface area contributed by atoms with Gasteiger partial charge in [0.25, 0.3) is 0 Å². The molecule has 1 fully saturated rings. The molecule has 0 radical (unpaired) electrons. The topological polar surface area (TPSA) is 69.6 Å². The fourth-order valence-corrected chi connectivity index (χ4v) is 2.30. The molecule has 0 saturated carbocycles. The van der Waals surface area contributed by atoms with Crippen LogP contribution >= 0.6 is 0 Å². The Hall–Kier alpha value is -1.88. The first kappa shape index (κ1) is 14.5. The lowest BCUT2D eigenvalue weighted by Crippen LogP contribution is -2.36. The van der Waals surface area contributed by atoms with Crippen molar-refractivity contribution in [2.75, 3.05) is 13.1 Å². The standard InChI is InChI=1S/C15H20N2O3/c1-11(18)8-16-15(20)13-7-14(19)17(10-13)9-12-5-3-2-4-6-12/h2-6,11,13,18H,7-10H2,1H3,(H,16,20). The lowest BCUT2D eigenvalue weighted by atomic mass is 10.1. The molecule has 20 heavy (non-hydrogen) atoms. The van der Waals surface area contributed by atoms with Gasteiger partial charge in [-0.25, -0.2) is 0 Å². The maximum Gasteiger partial charge on any atom is 0.225 e. The molecule has 2 atom stereocenters. The van der Waals surface area contributed by atoms with Crippen LogP contribution in [0.2, 0.25) is 0 Å². The van der Waals surface area contributed by atoms with Gasteiger partial charge in [-0.15, -0.1) is 0 Å². The van der Waals surface area contributed by atoms with Crippen molar-refractivity contribution in [3.63, 3.8) is 0 Å². The van der Waals surface area contributed by atoms with Gasteiger partial charge in [-0.3, -0.25) is 9.59 Å². The smallest absolute Gasteiger partial charge is 0.225 e. The SMILES string of the molecule is CC(O)CNC(=O)C1CC(=O)N(Cc2ccccc2)C1. The Morgan fingerprint density at radius 2 is 2.15 bits per heavy atom. The lowest BCUT2D eigenvalue weighted by Gasteiger charge is -2.16. The fraction of sp³-hybridized carbons (Fsp3) is 0.467. The summed E-state index contributed by atoms with van der Waals surface area (Å²) in [6, 6.07) is 9.73. The highest BCUT2D eigenvalue weighted by Gasteiger charge is 2.34. The second-order valence-corrected chi connectivity index (χ2v) is 5.26. The first-order valence-corrected chi connectivity index (χ1v) is 6.83. The number of benzene rings is 1. The van der Waals surface area contributed by atoms with E-state index in [2.05, 4.69) is 5.32 Å². The second kappa shape index (κ2) is 6.52. The maximum absolute atomic E-state index is 11.9. The molecule has 1 aliphatic heterocycles. The van der Waals surface area contributed by atoms with Gasteiger partial charge >= 0.3 is 0 Å². The molecule has 0 spiro atoms. The predicted molar refractivity (Wildman–Crippen MR) is 74.7 cm³/mol. The Bertz CT molecular complexity index is 473. The monoisotopic (exact) mass is 276 g/mol. The minimum Gasteiger partial charge on any atom is -0.392 e. The molecule has 2 rings (SSSR count). The largest absolute Gasteiger partial charge is 0.392 e. The summed E-state index contributed by atoms with van der Waals surface area (Å²) in [6.45, 7) is 2.82. The molecular weight excluding hydrogens is 256 g/mol. The summed E-state index contributed by atoms with van der Waals surface area (Å²) in [7, 11) is 0. The number of hydrogen-bond acceptors (Lipinski definition) is 3. The van der Waals surface area contributed by atoms with Crippen LogP contribution in [0.1, 0.15) is 18.9 Å². The molecule has 5 heteroatoms. The van der Waals surface area contributed by atoms with E-state index in [1.807, 2.05) is 30.3 Å². The Labute approximate surface area is 118 Å². The fourth-order valence-electron chi connectivity index (χ4n) is 2.30. The van der Waals surface area contributed by atoms with E-state index in [1.54, 1.807) is 11.8 Å². The number of amides is 2. The van der Waals surface area contributed by atoms with Crippen LogP contribution in [-0.2, 0) is 16.1 Å². The molecule has 1 aromatic rings. The van der Waals surface area contributed by atoms with E-state index < -0.39 is 6.10 Å². The molecule has 0 aromatic heterocycles. The number of likely N-dealkylation sites (tertiary alicyclic amines) is 1. The number of aliphatic hydroxyl groups excluding tert-OH is 1. The van der Waals surface area contributed by atoms with Crippen LogP contribution in [0.4, 0.5) is 0 Å². The van der Waals surface area contributed by atoms with Crippen molar-refractivity contribution in [3.8, 4) is 0 Å². The quantitative estimate of drug-likeness (QED) is 0.824. The van der Waals surface area contributed by atoms with Crippen LogP contribution in [0.15, 0.2) is 30.3 Å². The van der Waals surface area contributed by atoms with Crippen molar-refractivity contribution in [2.45, 2.75) is 26.0 Å². The lowest BCUT2D eigenvalue weighted by molar-refractivity contribution is -0.129. The van der Waals surface area contributed by atoms with Gasteiger partial charge in [0.1, 0.15) is 0 Å². The number of rotatable bonds is 5. The zero-order valence-corrected chi connectivity index (χ0v) is 11.6. The number of carbonyl (C=O) groups excluding carboxylic acids is 2. The highest BCUT2D eigenvalue weighted by Crippen LogP contribution is 2.20. The van der Waals surface area contributed by atoms with Gasteiger partial charge in [0, 0.05) is 26.1 Å². The molecule has 2 amide bonds. The number of hydrogen-bond donors (Lipinski definition) is 2. The minimum atomic E-state index is -0.573. The van der Waals surface area contributed by atoms with Crippen LogP contribution in [-0.4, -0.2) is 41.0 Å². The van der Waals surface area contributed by atoms with Crippen LogP contribution < -0.4 is 5.32 Å². The van der Waals surface area contributed by atoms with Gasteiger partial charge in [0.15, 0.2) is 0 Å². The molecule has 108 valence electrons. The number of nitrogens with zero attached hydrogens (tertiary/aromatic N) is 1. The van der Waals surface area contributed by atoms with Gasteiger partial charge in [-0.1, -0.05) is 30.3 Å². The molecule has 0 bridgehead atoms. The Morgan fingerprint density at radius 1 is 1.45 bits per heavy atom. The van der Waals surface area contributed by atoms with Crippen molar-refractivity contribution >= 4 is 11.8 Å². The van der Waals surface area contributed by atoms with Crippen LogP contribution in [0, 0.1) is 5.92 Å². The molecule has 1 saturated heterocycles. The van der Waals surface area contributed by atoms with E-state index in [0.717, 1.165) is 5.56 Å². The Morgan fingerprint density at radius 3 is 2.80 bits per heavy atom. The summed E-state index contributed by atoms with van der Waals surface area (Å²) < 4.78 is 0. The molecule has 2 unspecified atom stereocenters. The van der Waals surface area contributed by atoms with Crippen molar-refractivity contribution in [3.05, 3.63) is 35.9 Å². The van der Waals surface area contributed by atoms with E-state index >= 15 is 0 Å². The highest BCUT2D eigenvalue weighted by molar-refractivity contribution is 5.89. The average molecular weight is 276 g/mol. The van der Waals surface area contributed by atoms with E-state index in [1.165, 1.54) is 0 Å². The molecule has 1 heterocycles. The summed E-state index contributed by atoms with van der Waals surface area (Å²) in [5, 5.41) is 11.8. The third kappa shape index (κ3) is 3.81. The van der Waals surface area contributed by atoms with Crippen molar-refractivity contribution in [1.29, 1.82) is 0 Å². The van der Waals surface area contributed by atoms with Crippen molar-refractivity contribution in [2.24, 2.45) is 5.92 Å². The number of aliphatic hydroxyl groups is 1. The highest BCUT2D eigenvalue weighted by atomic mass is 16.3. The number of carbonyl (C=O) groups is 2. The summed E-state index contributed by atoms with van der Waals surface area (Å²) in [5.74, 6) is -0.467. The maximum atomic E-state index is 11.9. The van der Waals surface area contributed by atoms with E-state index in [9.17, 15) is 9.59 Å². The first-order chi connectivity index (χ1) is 9.56. The molecular formula is C15H20N2O3. The Balaban J connectivity index is 1.89. The summed E-state index contributed by atoms with van der Waals surface area (Å²) in [6.07, 6.45) is -0.324. The van der Waals surface area contributed by atoms with Crippen molar-refractivity contribution < 1.29 is 14.7 Å². The van der Waals surface area contributed by atoms with Gasteiger partial charge in [0.05, 0.1) is 12.0 Å². The summed E-state index contributed by atoms with van der Waals surface area (Å²) in [4.78, 5) is 25.5. The van der Waals surface area contributed by atoms with Crippen LogP contribution in [0.5, 0.6) is 0 Å². The van der Waals surface area contributed by atoms with E-state index in [-0.39, 0.29) is 30.7 Å². The van der Waals surface area contributed by atoms with Crippen LogP contribution in [0.3, 0.4) is 0 Å². The van der Waals surface area contributed by atoms with E-state index in [4.69, 9.17) is 5.11 Å². The Kier molecular flexibility index (Phi) is 4.74. The normalized spacial score (nSPS) is 20.0. The first-order valence-electron chi connectivity index (χ1n) is 6.83. The molecule has 1 aromatic carbocycles. The average Bonchev–Trinajstić information content (AvgIpc) is 2.79. The molecule has 0 aliphatic carbocycles. The molecule has 1 aliphatic rings. The third-order valence-corrected chi connectivity index (χ3v) is 3.37. The molecule has 2 N–H and O–H groups in total. The summed E-state index contributed by atoms with van der Waals surface area (Å²) >= 11 is 0. The number of nitrogens with one attached hydrogen (secondary N) is 1. The van der Waals surface area contributed by atoms with Gasteiger partial charge in [-0.2, -0.15) is 0 Å². The zero-order valence-electron chi connectivity index (χ0n) is 11.6. The summed E-state index contributed by atoms with van der Waals surface area (Å²) in [5.41, 5.74) is 1.06. The van der Waals surface area contributed by atoms with Crippen LogP contribution in [0.25, 0.3) is 0 Å². The minimum absolute atomic E-state index is 0.00560. The molecule has 5 nitrogen and oxygen atoms in total. The van der Waals surface area contributed by atoms with Gasteiger partial charge in [0.2, 0.25) is 11.8 Å². The van der Waals surface area contributed by atoms with Gasteiger partial charge in [-0.05, 0) is 12.5 Å². The third-order valence-electron chi connectivity index (χ3n) is 3.37. The zero-order chi connectivity index (χ0) is 14.5. The van der Waals surface area contributed by atoms with Crippen molar-refractivity contribution in [1.82, 2.24) is 10.2 Å².